The minimum atomic E-state index is -0.447. The van der Waals surface area contributed by atoms with Gasteiger partial charge in [-0.3, -0.25) is 9.59 Å². The number of thiol groups is 1. The maximum Gasteiger partial charge on any atom is 0.325 e. The molecule has 0 radical (unpaired) electrons. The average Bonchev–Trinajstić information content (AvgIpc) is 3.28. The number of hydrogen-bond donors (Lipinski definition) is 4. The Morgan fingerprint density at radius 2 is 1.94 bits per heavy atom. The molecule has 31 heavy (non-hydrogen) atoms. The van der Waals surface area contributed by atoms with Gasteiger partial charge in [0.1, 0.15) is 6.54 Å². The van der Waals surface area contributed by atoms with E-state index in [4.69, 9.17) is 5.73 Å². The summed E-state index contributed by atoms with van der Waals surface area (Å²) in [6.07, 6.45) is 7.89. The molecule has 1 rings (SSSR count). The van der Waals surface area contributed by atoms with Gasteiger partial charge in [0.15, 0.2) is 0 Å². The fourth-order valence-corrected chi connectivity index (χ4v) is 2.36. The number of carbonyl (C=O) groups excluding carboxylic acids is 2. The van der Waals surface area contributed by atoms with Crippen LogP contribution < -0.4 is 16.4 Å². The fourth-order valence-electron chi connectivity index (χ4n) is 2.24. The third-order valence-electron chi connectivity index (χ3n) is 4.54. The molecule has 0 bridgehead atoms. The van der Waals surface area contributed by atoms with Crippen LogP contribution in [-0.4, -0.2) is 87.5 Å². The summed E-state index contributed by atoms with van der Waals surface area (Å²) in [6.45, 7) is 14.4. The minimum Gasteiger partial charge on any atom is -0.468 e. The number of hydrogen-bond acceptors (Lipinski definition) is 8. The number of likely N-dealkylation sites (tertiary alicyclic amines) is 1. The Bertz CT molecular complexity index is 373. The van der Waals surface area contributed by atoms with Gasteiger partial charge in [-0.15, -0.1) is 0 Å². The molecule has 4 N–H and O–H groups in total. The van der Waals surface area contributed by atoms with Crippen LogP contribution in [-0.2, 0) is 14.3 Å². The second kappa shape index (κ2) is 29.5. The maximum atomic E-state index is 10.1. The van der Waals surface area contributed by atoms with Crippen molar-refractivity contribution in [3.8, 4) is 0 Å². The van der Waals surface area contributed by atoms with Gasteiger partial charge in [-0.05, 0) is 30.9 Å². The van der Waals surface area contributed by atoms with Crippen molar-refractivity contribution in [1.82, 2.24) is 15.5 Å². The van der Waals surface area contributed by atoms with E-state index in [0.717, 1.165) is 31.3 Å². The molecule has 9 heteroatoms. The molecule has 1 fully saturated rings. The number of methoxy groups -OCH3 is 1. The Kier molecular flexibility index (Phi) is 33.4. The molecule has 0 aromatic rings. The van der Waals surface area contributed by atoms with Crippen molar-refractivity contribution in [1.29, 1.82) is 0 Å². The predicted molar refractivity (Wildman–Crippen MR) is 140 cm³/mol. The zero-order valence-corrected chi connectivity index (χ0v) is 22.5. The Morgan fingerprint density at radius 3 is 2.32 bits per heavy atom. The van der Waals surface area contributed by atoms with Gasteiger partial charge in [0.25, 0.3) is 0 Å². The van der Waals surface area contributed by atoms with E-state index in [1.54, 1.807) is 0 Å². The van der Waals surface area contributed by atoms with Crippen LogP contribution in [0.25, 0.3) is 0 Å². The average molecular weight is 483 g/mol. The van der Waals surface area contributed by atoms with Crippen molar-refractivity contribution >= 4 is 36.8 Å². The highest BCUT2D eigenvalue weighted by Gasteiger charge is 2.19. The van der Waals surface area contributed by atoms with E-state index in [0.29, 0.717) is 6.41 Å². The number of thioether (sulfide) groups is 1. The first kappa shape index (κ1) is 35.1. The maximum absolute atomic E-state index is 10.1. The lowest BCUT2D eigenvalue weighted by Crippen LogP contribution is -2.38. The number of carbonyl (C=O) groups is 2. The molecule has 0 aliphatic carbocycles. The lowest BCUT2D eigenvalue weighted by Gasteiger charge is -2.17. The van der Waals surface area contributed by atoms with Crippen LogP contribution in [0.4, 0.5) is 0 Å². The van der Waals surface area contributed by atoms with E-state index in [9.17, 15) is 9.59 Å². The second-order valence-electron chi connectivity index (χ2n) is 7.16. The lowest BCUT2D eigenvalue weighted by molar-refractivity contribution is -0.140. The summed E-state index contributed by atoms with van der Waals surface area (Å²) in [4.78, 5) is 22.2. The quantitative estimate of drug-likeness (QED) is 0.147. The van der Waals surface area contributed by atoms with Crippen LogP contribution in [0.15, 0.2) is 0 Å². The smallest absolute Gasteiger partial charge is 0.325 e. The first-order valence-corrected chi connectivity index (χ1v) is 13.4. The molecular formula is C22H50N4O3S2. The van der Waals surface area contributed by atoms with Crippen molar-refractivity contribution in [2.45, 2.75) is 59.4 Å². The topological polar surface area (TPSA) is 96.7 Å². The molecule has 1 aliphatic rings. The SMILES string of the molecule is CCC1CCN(CCNCC(N)CS)C1.CCCC.CCSC.COC(=O)CNC=O. The van der Waals surface area contributed by atoms with E-state index >= 15 is 0 Å². The zero-order chi connectivity index (χ0) is 24.3. The molecule has 0 aromatic carbocycles. The molecule has 0 spiro atoms. The Hall–Kier alpha value is -0.480. The summed E-state index contributed by atoms with van der Waals surface area (Å²) in [5.74, 6) is 2.48. The summed E-state index contributed by atoms with van der Waals surface area (Å²) in [6, 6.07) is 0.190. The van der Waals surface area contributed by atoms with E-state index in [1.165, 1.54) is 51.6 Å². The highest BCUT2D eigenvalue weighted by atomic mass is 32.2. The molecule has 1 amide bonds. The Morgan fingerprint density at radius 1 is 1.32 bits per heavy atom. The van der Waals surface area contributed by atoms with Gasteiger partial charge >= 0.3 is 5.97 Å². The molecule has 188 valence electrons. The van der Waals surface area contributed by atoms with E-state index in [2.05, 4.69) is 66.8 Å². The number of amides is 1. The number of nitrogens with one attached hydrogen (secondary N) is 2. The largest absolute Gasteiger partial charge is 0.468 e. The third kappa shape index (κ3) is 29.5. The fraction of sp³-hybridized carbons (Fsp3) is 0.909. The first-order chi connectivity index (χ1) is 14.9. The van der Waals surface area contributed by atoms with Gasteiger partial charge in [-0.25, -0.2) is 0 Å². The number of unbranched alkanes of at least 4 members (excludes halogenated alkanes) is 1. The molecule has 1 aliphatic heterocycles. The van der Waals surface area contributed by atoms with Crippen molar-refractivity contribution in [3.63, 3.8) is 0 Å². The molecule has 2 atom stereocenters. The van der Waals surface area contributed by atoms with Gasteiger partial charge < -0.3 is 26.0 Å². The van der Waals surface area contributed by atoms with Crippen molar-refractivity contribution in [3.05, 3.63) is 0 Å². The van der Waals surface area contributed by atoms with Crippen molar-refractivity contribution in [2.24, 2.45) is 11.7 Å². The number of esters is 1. The number of ether oxygens (including phenoxy) is 1. The predicted octanol–water partition coefficient (Wildman–Crippen LogP) is 2.65. The van der Waals surface area contributed by atoms with Gasteiger partial charge in [-0.2, -0.15) is 24.4 Å². The number of nitrogens with zero attached hydrogens (tertiary/aromatic N) is 1. The molecule has 1 saturated heterocycles. The van der Waals surface area contributed by atoms with E-state index < -0.39 is 5.97 Å². The second-order valence-corrected chi connectivity index (χ2v) is 8.68. The van der Waals surface area contributed by atoms with Crippen molar-refractivity contribution < 1.29 is 14.3 Å². The van der Waals surface area contributed by atoms with Gasteiger partial charge in [0, 0.05) is 38.0 Å². The molecule has 0 aromatic heterocycles. The van der Waals surface area contributed by atoms with Crippen LogP contribution in [0.1, 0.15) is 53.4 Å². The summed E-state index contributed by atoms with van der Waals surface area (Å²) in [5, 5.41) is 5.52. The van der Waals surface area contributed by atoms with Crippen molar-refractivity contribution in [2.75, 3.05) is 64.1 Å². The Balaban J connectivity index is -0.000000410. The first-order valence-electron chi connectivity index (χ1n) is 11.4. The molecule has 0 saturated carbocycles. The van der Waals surface area contributed by atoms with Gasteiger partial charge in [0.05, 0.1) is 7.11 Å². The summed E-state index contributed by atoms with van der Waals surface area (Å²) in [7, 11) is 1.26. The number of nitrogens with two attached hydrogens (primary N) is 1. The number of rotatable bonds is 12. The lowest BCUT2D eigenvalue weighted by atomic mass is 10.1. The van der Waals surface area contributed by atoms with Crippen LogP contribution in [0.2, 0.25) is 0 Å². The van der Waals surface area contributed by atoms with Gasteiger partial charge in [-0.1, -0.05) is 47.0 Å². The van der Waals surface area contributed by atoms with Crippen LogP contribution in [0.5, 0.6) is 0 Å². The standard InChI is InChI=1S/C11H25N3S.C4H7NO3.C4H10.C3H8S/c1-2-10-3-5-14(8-10)6-4-13-7-11(12)9-15;1-8-4(7)2-5-3-6;2*1-3-4-2/h10-11,13,15H,2-9,12H2,1H3;3H,2H2,1H3,(H,5,6);3-4H2,1-2H3;3H2,1-2H3. The molecule has 7 nitrogen and oxygen atoms in total. The summed E-state index contributed by atoms with van der Waals surface area (Å²) >= 11 is 6.01. The molecule has 2 unspecified atom stereocenters. The van der Waals surface area contributed by atoms with Gasteiger partial charge in [0.2, 0.25) is 6.41 Å². The summed E-state index contributed by atoms with van der Waals surface area (Å²) in [5.41, 5.74) is 5.76. The third-order valence-corrected chi connectivity index (χ3v) is 5.59. The summed E-state index contributed by atoms with van der Waals surface area (Å²) < 4.78 is 4.19. The molecular weight excluding hydrogens is 432 g/mol. The molecule has 1 heterocycles. The highest BCUT2D eigenvalue weighted by molar-refractivity contribution is 7.98. The monoisotopic (exact) mass is 482 g/mol. The van der Waals surface area contributed by atoms with E-state index in [-0.39, 0.29) is 12.6 Å². The zero-order valence-electron chi connectivity index (χ0n) is 20.8. The van der Waals surface area contributed by atoms with E-state index in [1.807, 2.05) is 11.8 Å². The highest BCUT2D eigenvalue weighted by Crippen LogP contribution is 2.17. The van der Waals surface area contributed by atoms with Crippen LogP contribution in [0, 0.1) is 5.92 Å². The van der Waals surface area contributed by atoms with Crippen LogP contribution >= 0.6 is 24.4 Å². The normalized spacial score (nSPS) is 15.8. The van der Waals surface area contributed by atoms with Crippen LogP contribution in [0.3, 0.4) is 0 Å². The Labute approximate surface area is 201 Å². The minimum absolute atomic E-state index is 0.0556.